The van der Waals surface area contributed by atoms with E-state index in [1.165, 1.54) is 11.6 Å². The van der Waals surface area contributed by atoms with Crippen LogP contribution in [-0.2, 0) is 18.3 Å². The zero-order valence-electron chi connectivity index (χ0n) is 21.9. The fourth-order valence-electron chi connectivity index (χ4n) is 4.51. The van der Waals surface area contributed by atoms with Crippen molar-refractivity contribution >= 4 is 17.6 Å². The monoisotopic (exact) mass is 498 g/mol. The maximum absolute atomic E-state index is 13.2. The van der Waals surface area contributed by atoms with Crippen LogP contribution in [0, 0.1) is 12.8 Å². The Morgan fingerprint density at radius 2 is 2.00 bits per heavy atom. The average molecular weight is 499 g/mol. The van der Waals surface area contributed by atoms with E-state index < -0.39 is 23.0 Å². The van der Waals surface area contributed by atoms with Crippen LogP contribution in [-0.4, -0.2) is 53.4 Å². The highest BCUT2D eigenvalue weighted by atomic mass is 16.5. The van der Waals surface area contributed by atoms with Crippen LogP contribution in [0.25, 0.3) is 11.1 Å². The third-order valence-corrected chi connectivity index (χ3v) is 6.59. The Bertz CT molecular complexity index is 1210. The number of aliphatic carboxylic acids is 1. The Hall–Kier alpha value is -3.33. The molecule has 1 aliphatic heterocycles. The van der Waals surface area contributed by atoms with Gasteiger partial charge in [-0.1, -0.05) is 40.2 Å². The number of ether oxygens (including phenoxy) is 1. The number of carboxylic acids is 1. The number of rotatable bonds is 9. The largest absolute Gasteiger partial charge is 0.849 e. The smallest absolute Gasteiger partial charge is 0.309 e. The summed E-state index contributed by atoms with van der Waals surface area (Å²) in [5.41, 5.74) is 0.879. The van der Waals surface area contributed by atoms with Crippen LogP contribution in [0.4, 0.5) is 5.69 Å². The summed E-state index contributed by atoms with van der Waals surface area (Å²) in [6.45, 7) is 10.6. The van der Waals surface area contributed by atoms with E-state index in [4.69, 9.17) is 4.74 Å². The van der Waals surface area contributed by atoms with E-state index in [1.54, 1.807) is 32.9 Å². The summed E-state index contributed by atoms with van der Waals surface area (Å²) >= 11 is 0. The number of hydrogen-bond donors (Lipinski definition) is 2. The third kappa shape index (κ3) is 5.90. The first-order valence-electron chi connectivity index (χ1n) is 12.3. The molecule has 196 valence electrons. The van der Waals surface area contributed by atoms with Crippen molar-refractivity contribution in [1.82, 2.24) is 9.88 Å². The summed E-state index contributed by atoms with van der Waals surface area (Å²) in [7, 11) is 1.49. The van der Waals surface area contributed by atoms with Gasteiger partial charge in [-0.15, -0.1) is 5.60 Å². The van der Waals surface area contributed by atoms with Crippen LogP contribution in [0.1, 0.15) is 55.7 Å². The van der Waals surface area contributed by atoms with Gasteiger partial charge in [-0.25, -0.2) is 0 Å². The Morgan fingerprint density at radius 3 is 2.61 bits per heavy atom. The molecule has 2 heterocycles. The number of hydrogen-bond acceptors (Lipinski definition) is 6. The van der Waals surface area contributed by atoms with Crippen molar-refractivity contribution < 1.29 is 24.5 Å². The van der Waals surface area contributed by atoms with Crippen LogP contribution >= 0.6 is 0 Å². The lowest BCUT2D eigenvalue weighted by molar-refractivity contribution is -0.461. The highest BCUT2D eigenvalue weighted by Crippen LogP contribution is 2.38. The van der Waals surface area contributed by atoms with E-state index in [9.17, 15) is 24.6 Å². The summed E-state index contributed by atoms with van der Waals surface area (Å²) in [6, 6.07) is 5.43. The highest BCUT2D eigenvalue weighted by molar-refractivity contribution is 5.98. The number of aromatic nitrogens is 1. The average Bonchev–Trinajstić information content (AvgIpc) is 2.80. The van der Waals surface area contributed by atoms with Crippen LogP contribution in [0.2, 0.25) is 0 Å². The molecule has 0 saturated carbocycles. The maximum Gasteiger partial charge on any atom is 0.309 e. The zero-order valence-corrected chi connectivity index (χ0v) is 21.9. The van der Waals surface area contributed by atoms with Crippen LogP contribution < -0.4 is 25.6 Å². The maximum atomic E-state index is 13.2. The molecule has 1 amide bonds. The number of nitrogens with zero attached hydrogens (tertiary/aromatic N) is 2. The number of fused-ring (bicyclic) bond motifs is 1. The van der Waals surface area contributed by atoms with Gasteiger partial charge in [0.05, 0.1) is 18.7 Å². The van der Waals surface area contributed by atoms with Crippen molar-refractivity contribution in [1.29, 1.82) is 0 Å². The number of pyridine rings is 1. The van der Waals surface area contributed by atoms with Crippen molar-refractivity contribution in [3.8, 4) is 16.9 Å². The van der Waals surface area contributed by atoms with Crippen molar-refractivity contribution in [2.45, 2.75) is 53.1 Å². The number of carboxylic acid groups (broad SMARTS) is 1. The molecule has 9 heteroatoms. The summed E-state index contributed by atoms with van der Waals surface area (Å²) in [6.07, 6.45) is 0.496. The summed E-state index contributed by atoms with van der Waals surface area (Å²) in [5.74, 6) is -0.688. The lowest BCUT2D eigenvalue weighted by Gasteiger charge is -2.41. The zero-order chi connectivity index (χ0) is 26.8. The molecule has 2 aromatic rings. The van der Waals surface area contributed by atoms with E-state index in [0.29, 0.717) is 47.8 Å². The lowest BCUT2D eigenvalue weighted by Crippen LogP contribution is -2.50. The number of carbonyl (C=O) groups excluding carboxylic acids is 1. The molecule has 1 aromatic carbocycles. The van der Waals surface area contributed by atoms with Gasteiger partial charge < -0.3 is 29.7 Å². The van der Waals surface area contributed by atoms with Gasteiger partial charge in [0.1, 0.15) is 17.9 Å². The lowest BCUT2D eigenvalue weighted by atomic mass is 9.92. The Labute approximate surface area is 211 Å². The van der Waals surface area contributed by atoms with Gasteiger partial charge in [-0.2, -0.15) is 0 Å². The first-order valence-corrected chi connectivity index (χ1v) is 12.3. The van der Waals surface area contributed by atoms with E-state index in [2.05, 4.69) is 5.32 Å². The Balaban J connectivity index is 2.20. The number of benzene rings is 1. The molecule has 1 atom stereocenters. The second-order valence-corrected chi connectivity index (χ2v) is 10.2. The molecule has 0 aliphatic carbocycles. The summed E-state index contributed by atoms with van der Waals surface area (Å²) in [4.78, 5) is 40.0. The standard InChI is InChI=1S/C27H36N3O6/c1-7-16(2)14-28-25(33)24-17(3)23(20(13-22(31)32)29(6)26(24)34)18-8-9-21-19(12-18)30(10-11-36-21)15-27(4,5)35/h8-9,12,16H,7,10-11,13-15H2,1-6H3,(H,28,33)(H,31,32)/q-1/t16-/m0/s1. The van der Waals surface area contributed by atoms with E-state index in [1.807, 2.05) is 24.8 Å². The van der Waals surface area contributed by atoms with E-state index in [-0.39, 0.29) is 24.4 Å². The molecule has 0 bridgehead atoms. The summed E-state index contributed by atoms with van der Waals surface area (Å²) in [5, 5.41) is 24.9. The third-order valence-electron chi connectivity index (χ3n) is 6.59. The molecular weight excluding hydrogens is 462 g/mol. The first-order chi connectivity index (χ1) is 16.8. The second-order valence-electron chi connectivity index (χ2n) is 10.2. The molecule has 0 fully saturated rings. The minimum atomic E-state index is -1.19. The minimum Gasteiger partial charge on any atom is -0.849 e. The molecular formula is C27H36N3O6-. The van der Waals surface area contributed by atoms with Gasteiger partial charge in [0.25, 0.3) is 11.5 Å². The SMILES string of the molecule is CC[C@H](C)CNC(=O)c1c(C)c(-c2ccc3c(c2)N(CC(C)(C)[O-])CCO3)c(CC(=O)O)n(C)c1=O. The highest BCUT2D eigenvalue weighted by Gasteiger charge is 2.27. The van der Waals surface area contributed by atoms with Crippen LogP contribution in [0.3, 0.4) is 0 Å². The van der Waals surface area contributed by atoms with Gasteiger partial charge in [-0.3, -0.25) is 14.4 Å². The Morgan fingerprint density at radius 1 is 1.31 bits per heavy atom. The van der Waals surface area contributed by atoms with Gasteiger partial charge in [-0.05, 0) is 36.1 Å². The van der Waals surface area contributed by atoms with Gasteiger partial charge in [0, 0.05) is 31.4 Å². The molecule has 9 nitrogen and oxygen atoms in total. The fourth-order valence-corrected chi connectivity index (χ4v) is 4.51. The minimum absolute atomic E-state index is 0.00328. The fraction of sp³-hybridized carbons (Fsp3) is 0.519. The first kappa shape index (κ1) is 27.3. The number of nitrogens with one attached hydrogen (secondary N) is 1. The van der Waals surface area contributed by atoms with Gasteiger partial charge in [0.2, 0.25) is 0 Å². The second kappa shape index (κ2) is 10.7. The molecule has 0 radical (unpaired) electrons. The van der Waals surface area contributed by atoms with Crippen molar-refractivity contribution in [2.24, 2.45) is 13.0 Å². The summed E-state index contributed by atoms with van der Waals surface area (Å²) < 4.78 is 7.05. The van der Waals surface area contributed by atoms with Gasteiger partial charge >= 0.3 is 5.97 Å². The molecule has 2 N–H and O–H groups in total. The predicted octanol–water partition coefficient (Wildman–Crippen LogP) is 2.10. The Kier molecular flexibility index (Phi) is 8.13. The van der Waals surface area contributed by atoms with Crippen molar-refractivity contribution in [3.05, 3.63) is 45.4 Å². The van der Waals surface area contributed by atoms with Crippen molar-refractivity contribution in [2.75, 3.05) is 31.1 Å². The molecule has 0 saturated heterocycles. The van der Waals surface area contributed by atoms with E-state index >= 15 is 0 Å². The number of carbonyl (C=O) groups is 2. The van der Waals surface area contributed by atoms with E-state index in [0.717, 1.165) is 12.1 Å². The molecule has 0 unspecified atom stereocenters. The number of anilines is 1. The van der Waals surface area contributed by atoms with Crippen LogP contribution in [0.15, 0.2) is 23.0 Å². The predicted molar refractivity (Wildman–Crippen MR) is 137 cm³/mol. The number of amides is 1. The quantitative estimate of drug-likeness (QED) is 0.543. The van der Waals surface area contributed by atoms with Crippen LogP contribution in [0.5, 0.6) is 5.75 Å². The molecule has 1 aromatic heterocycles. The van der Waals surface area contributed by atoms with Gasteiger partial charge in [0.15, 0.2) is 0 Å². The molecule has 36 heavy (non-hydrogen) atoms. The molecule has 3 rings (SSSR count). The molecule has 0 spiro atoms. The normalized spacial score (nSPS) is 14.1. The van der Waals surface area contributed by atoms with Crippen molar-refractivity contribution in [3.63, 3.8) is 0 Å². The molecule has 1 aliphatic rings. The topological polar surface area (TPSA) is 124 Å².